The predicted octanol–water partition coefficient (Wildman–Crippen LogP) is 6.32. The monoisotopic (exact) mass is 449 g/mol. The number of aromatic nitrogens is 2. The molecule has 5 nitrogen and oxygen atoms in total. The molecule has 4 rings (SSSR count). The average Bonchev–Trinajstić information content (AvgIpc) is 2.79. The second-order valence-electron chi connectivity index (χ2n) is 7.01. The lowest BCUT2D eigenvalue weighted by Gasteiger charge is -2.26. The molecular formula is C24H21Cl2N5. The maximum Gasteiger partial charge on any atom is 0.159 e. The highest BCUT2D eigenvalue weighted by molar-refractivity contribution is 6.43. The van der Waals surface area contributed by atoms with Crippen molar-refractivity contribution < 1.29 is 0 Å². The van der Waals surface area contributed by atoms with Crippen LogP contribution < -0.4 is 16.0 Å². The Morgan fingerprint density at radius 3 is 2.00 bits per heavy atom. The second-order valence-corrected chi connectivity index (χ2v) is 7.80. The Bertz CT molecular complexity index is 1110. The molecule has 0 aliphatic rings. The molecule has 0 bridgehead atoms. The van der Waals surface area contributed by atoms with Crippen molar-refractivity contribution in [3.8, 4) is 0 Å². The molecule has 0 amide bonds. The first-order valence-electron chi connectivity index (χ1n) is 9.76. The number of anilines is 4. The molecule has 1 heterocycles. The van der Waals surface area contributed by atoms with Crippen LogP contribution in [0, 0.1) is 0 Å². The highest BCUT2D eigenvalue weighted by atomic mass is 35.5. The highest BCUT2D eigenvalue weighted by Crippen LogP contribution is 2.35. The Hall–Kier alpha value is -3.28. The van der Waals surface area contributed by atoms with Gasteiger partial charge in [-0.1, -0.05) is 89.9 Å². The molecule has 3 aromatic carbocycles. The van der Waals surface area contributed by atoms with E-state index in [1.165, 1.54) is 6.33 Å². The Morgan fingerprint density at radius 2 is 1.39 bits per heavy atom. The lowest BCUT2D eigenvalue weighted by atomic mass is 10.1. The topological polar surface area (TPSA) is 67.1 Å². The fourth-order valence-corrected chi connectivity index (χ4v) is 3.63. The van der Waals surface area contributed by atoms with Gasteiger partial charge in [-0.05, 0) is 23.3 Å². The lowest BCUT2D eigenvalue weighted by molar-refractivity contribution is 0.782. The molecular weight excluding hydrogens is 429 g/mol. The fraction of sp³-hybridized carbons (Fsp3) is 0.0833. The summed E-state index contributed by atoms with van der Waals surface area (Å²) in [5, 5.41) is 4.05. The third-order valence-corrected chi connectivity index (χ3v) is 5.62. The summed E-state index contributed by atoms with van der Waals surface area (Å²) in [5.41, 5.74) is 9.90. The maximum absolute atomic E-state index is 6.52. The summed E-state index contributed by atoms with van der Waals surface area (Å²) in [7, 11) is 0. The molecule has 0 fully saturated rings. The average molecular weight is 450 g/mol. The van der Waals surface area contributed by atoms with E-state index < -0.39 is 0 Å². The Kier molecular flexibility index (Phi) is 6.55. The first-order valence-corrected chi connectivity index (χ1v) is 10.5. The molecule has 7 heteroatoms. The number of nitrogen functional groups attached to an aromatic ring is 1. The number of nitrogens with two attached hydrogens (primary N) is 1. The second kappa shape index (κ2) is 9.69. The number of hydrogen-bond acceptors (Lipinski definition) is 5. The van der Waals surface area contributed by atoms with E-state index in [2.05, 4.69) is 44.5 Å². The van der Waals surface area contributed by atoms with Crippen LogP contribution in [0.3, 0.4) is 0 Å². The van der Waals surface area contributed by atoms with Crippen LogP contribution >= 0.6 is 23.2 Å². The minimum atomic E-state index is 0.411. The fourth-order valence-electron chi connectivity index (χ4n) is 3.28. The van der Waals surface area contributed by atoms with Gasteiger partial charge in [0.2, 0.25) is 0 Å². The number of hydrogen-bond donors (Lipinski definition) is 2. The largest absolute Gasteiger partial charge is 0.393 e. The molecule has 1 aromatic heterocycles. The van der Waals surface area contributed by atoms with Crippen LogP contribution in [-0.2, 0) is 13.1 Å². The molecule has 31 heavy (non-hydrogen) atoms. The molecule has 0 unspecified atom stereocenters. The summed E-state index contributed by atoms with van der Waals surface area (Å²) in [6.07, 6.45) is 1.50. The van der Waals surface area contributed by atoms with E-state index in [-0.39, 0.29) is 0 Å². The number of nitrogens with zero attached hydrogens (tertiary/aromatic N) is 3. The molecule has 0 saturated carbocycles. The normalized spacial score (nSPS) is 10.6. The summed E-state index contributed by atoms with van der Waals surface area (Å²) < 4.78 is 0. The third kappa shape index (κ3) is 5.08. The van der Waals surface area contributed by atoms with Gasteiger partial charge in [0.15, 0.2) is 11.6 Å². The zero-order valence-corrected chi connectivity index (χ0v) is 18.2. The quantitative estimate of drug-likeness (QED) is 0.345. The van der Waals surface area contributed by atoms with Crippen molar-refractivity contribution in [2.45, 2.75) is 13.1 Å². The molecule has 156 valence electrons. The van der Waals surface area contributed by atoms with Gasteiger partial charge in [-0.2, -0.15) is 0 Å². The van der Waals surface area contributed by atoms with Crippen molar-refractivity contribution in [3.63, 3.8) is 0 Å². The van der Waals surface area contributed by atoms with Crippen LogP contribution in [0.4, 0.5) is 23.0 Å². The summed E-state index contributed by atoms with van der Waals surface area (Å²) in [5.74, 6) is 1.11. The number of benzene rings is 3. The van der Waals surface area contributed by atoms with Crippen molar-refractivity contribution in [2.24, 2.45) is 0 Å². The Balaban J connectivity index is 1.69. The van der Waals surface area contributed by atoms with E-state index in [4.69, 9.17) is 28.9 Å². The van der Waals surface area contributed by atoms with Gasteiger partial charge in [0.1, 0.15) is 12.0 Å². The first kappa shape index (κ1) is 21.0. The van der Waals surface area contributed by atoms with Gasteiger partial charge in [0.05, 0.1) is 15.7 Å². The highest BCUT2D eigenvalue weighted by Gasteiger charge is 2.17. The molecule has 0 radical (unpaired) electrons. The van der Waals surface area contributed by atoms with E-state index in [1.807, 2.05) is 48.5 Å². The van der Waals surface area contributed by atoms with E-state index in [0.29, 0.717) is 46.1 Å². The minimum absolute atomic E-state index is 0.411. The summed E-state index contributed by atoms with van der Waals surface area (Å²) in [4.78, 5) is 11.0. The number of rotatable bonds is 7. The zero-order valence-electron chi connectivity index (χ0n) is 16.7. The van der Waals surface area contributed by atoms with Crippen molar-refractivity contribution in [3.05, 3.63) is 106 Å². The van der Waals surface area contributed by atoms with Crippen LogP contribution in [0.1, 0.15) is 11.1 Å². The summed E-state index contributed by atoms with van der Waals surface area (Å²) >= 11 is 12.5. The molecule has 0 saturated heterocycles. The molecule has 0 aliphatic heterocycles. The maximum atomic E-state index is 6.52. The SMILES string of the molecule is Nc1c(Nc2cccc(Cl)c2Cl)ncnc1N(Cc1ccccc1)Cc1ccccc1. The number of nitrogens with one attached hydrogen (secondary N) is 1. The van der Waals surface area contributed by atoms with Crippen molar-refractivity contribution in [1.29, 1.82) is 0 Å². The van der Waals surface area contributed by atoms with Gasteiger partial charge >= 0.3 is 0 Å². The van der Waals surface area contributed by atoms with E-state index in [9.17, 15) is 0 Å². The van der Waals surface area contributed by atoms with E-state index in [0.717, 1.165) is 11.1 Å². The smallest absolute Gasteiger partial charge is 0.159 e. The zero-order chi connectivity index (χ0) is 21.6. The van der Waals surface area contributed by atoms with Crippen molar-refractivity contribution in [2.75, 3.05) is 16.0 Å². The van der Waals surface area contributed by atoms with Gasteiger partial charge in [-0.3, -0.25) is 0 Å². The van der Waals surface area contributed by atoms with Crippen molar-refractivity contribution >= 4 is 46.2 Å². The van der Waals surface area contributed by atoms with Crippen LogP contribution in [0.15, 0.2) is 85.2 Å². The van der Waals surface area contributed by atoms with Gasteiger partial charge < -0.3 is 16.0 Å². The van der Waals surface area contributed by atoms with Crippen LogP contribution in [0.2, 0.25) is 10.0 Å². The Morgan fingerprint density at radius 1 is 0.774 bits per heavy atom. The third-order valence-electron chi connectivity index (χ3n) is 4.80. The molecule has 0 spiro atoms. The molecule has 0 aliphatic carbocycles. The summed E-state index contributed by atoms with van der Waals surface area (Å²) in [6.45, 7) is 1.29. The lowest BCUT2D eigenvalue weighted by Crippen LogP contribution is -2.24. The van der Waals surface area contributed by atoms with Gasteiger partial charge in [0.25, 0.3) is 0 Å². The van der Waals surface area contributed by atoms with Crippen LogP contribution in [-0.4, -0.2) is 9.97 Å². The predicted molar refractivity (Wildman–Crippen MR) is 129 cm³/mol. The molecule has 4 aromatic rings. The van der Waals surface area contributed by atoms with Crippen LogP contribution in [0.5, 0.6) is 0 Å². The van der Waals surface area contributed by atoms with Gasteiger partial charge in [-0.15, -0.1) is 0 Å². The molecule has 3 N–H and O–H groups in total. The van der Waals surface area contributed by atoms with E-state index >= 15 is 0 Å². The van der Waals surface area contributed by atoms with Gasteiger partial charge in [-0.25, -0.2) is 9.97 Å². The van der Waals surface area contributed by atoms with Gasteiger partial charge in [0, 0.05) is 13.1 Å². The standard InChI is InChI=1S/C24H21Cl2N5/c25-19-12-7-13-20(21(19)26)30-23-22(27)24(29-16-28-23)31(14-17-8-3-1-4-9-17)15-18-10-5-2-6-11-18/h1-13,16H,14-15,27H2,(H,28,29,30). The van der Waals surface area contributed by atoms with E-state index in [1.54, 1.807) is 6.07 Å². The van der Waals surface area contributed by atoms with Crippen LogP contribution in [0.25, 0.3) is 0 Å². The minimum Gasteiger partial charge on any atom is -0.393 e. The van der Waals surface area contributed by atoms with Crippen molar-refractivity contribution in [1.82, 2.24) is 9.97 Å². The first-order chi connectivity index (χ1) is 15.1. The summed E-state index contributed by atoms with van der Waals surface area (Å²) in [6, 6.07) is 25.8. The Labute approximate surface area is 191 Å². The number of halogens is 2. The molecule has 0 atom stereocenters.